The highest BCUT2D eigenvalue weighted by molar-refractivity contribution is 5.92. The van der Waals surface area contributed by atoms with E-state index < -0.39 is 0 Å². The molecule has 1 N–H and O–H groups in total. The predicted molar refractivity (Wildman–Crippen MR) is 72.8 cm³/mol. The quantitative estimate of drug-likeness (QED) is 0.905. The van der Waals surface area contributed by atoms with Crippen molar-refractivity contribution in [1.29, 1.82) is 0 Å². The summed E-state index contributed by atoms with van der Waals surface area (Å²) in [6, 6.07) is 1.77. The lowest BCUT2D eigenvalue weighted by atomic mass is 9.96. The number of nitrogens with one attached hydrogen (secondary N) is 1. The van der Waals surface area contributed by atoms with Crippen LogP contribution in [0.3, 0.4) is 0 Å². The molecule has 2 heterocycles. The Bertz CT molecular complexity index is 422. The molecule has 0 bridgehead atoms. The third-order valence-corrected chi connectivity index (χ3v) is 3.37. The van der Waals surface area contributed by atoms with Crippen LogP contribution in [0, 0.1) is 11.3 Å². The van der Waals surface area contributed by atoms with E-state index in [-0.39, 0.29) is 17.4 Å². The maximum absolute atomic E-state index is 11.9. The molecule has 0 aliphatic carbocycles. The summed E-state index contributed by atoms with van der Waals surface area (Å²) in [5.41, 5.74) is 0.631. The molecule has 19 heavy (non-hydrogen) atoms. The van der Waals surface area contributed by atoms with Gasteiger partial charge in [-0.25, -0.2) is 0 Å². The average molecular weight is 265 g/mol. The molecule has 5 heteroatoms. The third-order valence-electron chi connectivity index (χ3n) is 3.37. The molecule has 0 aromatic carbocycles. The van der Waals surface area contributed by atoms with E-state index in [0.717, 1.165) is 19.6 Å². The maximum Gasteiger partial charge on any atom is 0.273 e. The molecule has 1 saturated heterocycles. The van der Waals surface area contributed by atoms with Gasteiger partial charge in [-0.15, -0.1) is 0 Å². The summed E-state index contributed by atoms with van der Waals surface area (Å²) in [7, 11) is 0. The van der Waals surface area contributed by atoms with Gasteiger partial charge in [-0.05, 0) is 11.3 Å². The Kier molecular flexibility index (Phi) is 3.94. The number of carbonyl (C=O) groups is 1. The molecule has 0 saturated carbocycles. The lowest BCUT2D eigenvalue weighted by molar-refractivity contribution is 0.0921. The SMILES string of the molecule is C[C@@H]1CN(CC(C)(C)C)C[C@H]1NC(=O)c1ccon1. The van der Waals surface area contributed by atoms with Crippen LogP contribution >= 0.6 is 0 Å². The summed E-state index contributed by atoms with van der Waals surface area (Å²) in [6.45, 7) is 11.9. The fraction of sp³-hybridized carbons (Fsp3) is 0.714. The van der Waals surface area contributed by atoms with Crippen LogP contribution in [0.5, 0.6) is 0 Å². The van der Waals surface area contributed by atoms with Gasteiger partial charge in [0.05, 0.1) is 0 Å². The van der Waals surface area contributed by atoms with Crippen LogP contribution in [-0.2, 0) is 0 Å². The zero-order valence-electron chi connectivity index (χ0n) is 12.1. The first-order valence-electron chi connectivity index (χ1n) is 6.79. The third kappa shape index (κ3) is 3.80. The summed E-state index contributed by atoms with van der Waals surface area (Å²) in [6.07, 6.45) is 1.42. The zero-order chi connectivity index (χ0) is 14.0. The van der Waals surface area contributed by atoms with E-state index in [1.807, 2.05) is 0 Å². The van der Waals surface area contributed by atoms with Crippen molar-refractivity contribution < 1.29 is 9.32 Å². The average Bonchev–Trinajstić information content (AvgIpc) is 2.87. The molecule has 106 valence electrons. The van der Waals surface area contributed by atoms with E-state index in [1.165, 1.54) is 6.26 Å². The van der Waals surface area contributed by atoms with Crippen LogP contribution in [0.4, 0.5) is 0 Å². The molecular weight excluding hydrogens is 242 g/mol. The maximum atomic E-state index is 11.9. The van der Waals surface area contributed by atoms with Gasteiger partial charge in [-0.1, -0.05) is 32.9 Å². The highest BCUT2D eigenvalue weighted by Gasteiger charge is 2.32. The van der Waals surface area contributed by atoms with Gasteiger partial charge in [0.1, 0.15) is 6.26 Å². The van der Waals surface area contributed by atoms with Gasteiger partial charge in [0.15, 0.2) is 5.69 Å². The van der Waals surface area contributed by atoms with Gasteiger partial charge in [-0.3, -0.25) is 4.79 Å². The fourth-order valence-corrected chi connectivity index (χ4v) is 2.63. The van der Waals surface area contributed by atoms with Crippen molar-refractivity contribution in [1.82, 2.24) is 15.4 Å². The lowest BCUT2D eigenvalue weighted by Gasteiger charge is -2.26. The van der Waals surface area contributed by atoms with E-state index in [2.05, 4.69) is 43.1 Å². The first-order chi connectivity index (χ1) is 8.85. The second kappa shape index (κ2) is 5.33. The summed E-state index contributed by atoms with van der Waals surface area (Å²) in [5, 5.41) is 6.70. The fourth-order valence-electron chi connectivity index (χ4n) is 2.63. The van der Waals surface area contributed by atoms with E-state index in [9.17, 15) is 4.79 Å². The highest BCUT2D eigenvalue weighted by Crippen LogP contribution is 2.22. The predicted octanol–water partition coefficient (Wildman–Crippen LogP) is 1.77. The molecule has 1 aromatic heterocycles. The monoisotopic (exact) mass is 265 g/mol. The lowest BCUT2D eigenvalue weighted by Crippen LogP contribution is -2.40. The van der Waals surface area contributed by atoms with Crippen LogP contribution < -0.4 is 5.32 Å². The topological polar surface area (TPSA) is 58.4 Å². The van der Waals surface area contributed by atoms with E-state index in [4.69, 9.17) is 4.52 Å². The van der Waals surface area contributed by atoms with Crippen molar-refractivity contribution in [3.05, 3.63) is 18.0 Å². The molecule has 1 aromatic rings. The largest absolute Gasteiger partial charge is 0.364 e. The number of hydrogen-bond acceptors (Lipinski definition) is 4. The minimum atomic E-state index is -0.150. The van der Waals surface area contributed by atoms with E-state index in [0.29, 0.717) is 11.6 Å². The Morgan fingerprint density at radius 2 is 2.26 bits per heavy atom. The van der Waals surface area contributed by atoms with Crippen molar-refractivity contribution in [2.45, 2.75) is 33.7 Å². The van der Waals surface area contributed by atoms with Crippen molar-refractivity contribution >= 4 is 5.91 Å². The van der Waals surface area contributed by atoms with Gasteiger partial charge in [0, 0.05) is 31.7 Å². The summed E-state index contributed by atoms with van der Waals surface area (Å²) >= 11 is 0. The Hall–Kier alpha value is -1.36. The Balaban J connectivity index is 1.90. The molecule has 0 unspecified atom stereocenters. The van der Waals surface area contributed by atoms with Gasteiger partial charge in [0.25, 0.3) is 5.91 Å². The first kappa shape index (κ1) is 14.1. The number of amides is 1. The van der Waals surface area contributed by atoms with Gasteiger partial charge < -0.3 is 14.7 Å². The molecule has 0 spiro atoms. The van der Waals surface area contributed by atoms with Crippen LogP contribution in [-0.4, -0.2) is 41.6 Å². The van der Waals surface area contributed by atoms with Crippen LogP contribution in [0.15, 0.2) is 16.9 Å². The normalized spacial score (nSPS) is 24.6. The molecule has 1 amide bonds. The minimum Gasteiger partial charge on any atom is -0.364 e. The van der Waals surface area contributed by atoms with Crippen molar-refractivity contribution in [3.8, 4) is 0 Å². The van der Waals surface area contributed by atoms with E-state index in [1.54, 1.807) is 6.07 Å². The number of likely N-dealkylation sites (tertiary alicyclic amines) is 1. The molecule has 5 nitrogen and oxygen atoms in total. The number of aromatic nitrogens is 1. The molecule has 1 aliphatic rings. The number of carbonyl (C=O) groups excluding carboxylic acids is 1. The molecule has 2 atom stereocenters. The standard InChI is InChI=1S/C14H23N3O2/c1-10-7-17(9-14(2,3)4)8-12(10)15-13(18)11-5-6-19-16-11/h5-6,10,12H,7-9H2,1-4H3,(H,15,18)/t10-,12-/m1/s1. The number of rotatable bonds is 3. The van der Waals surface area contributed by atoms with Crippen LogP contribution in [0.2, 0.25) is 0 Å². The van der Waals surface area contributed by atoms with Gasteiger partial charge in [0.2, 0.25) is 0 Å². The Morgan fingerprint density at radius 3 is 2.84 bits per heavy atom. The second-order valence-electron chi connectivity index (χ2n) is 6.70. The molecular formula is C14H23N3O2. The van der Waals surface area contributed by atoms with Gasteiger partial charge in [-0.2, -0.15) is 0 Å². The summed E-state index contributed by atoms with van der Waals surface area (Å²) in [4.78, 5) is 14.4. The Morgan fingerprint density at radius 1 is 1.53 bits per heavy atom. The number of nitrogens with zero attached hydrogens (tertiary/aromatic N) is 2. The van der Waals surface area contributed by atoms with E-state index >= 15 is 0 Å². The van der Waals surface area contributed by atoms with Crippen molar-refractivity contribution in [2.24, 2.45) is 11.3 Å². The summed E-state index contributed by atoms with van der Waals surface area (Å²) in [5.74, 6) is 0.307. The Labute approximate surface area is 114 Å². The van der Waals surface area contributed by atoms with Crippen LogP contribution in [0.1, 0.15) is 38.2 Å². The zero-order valence-corrected chi connectivity index (χ0v) is 12.1. The van der Waals surface area contributed by atoms with Crippen molar-refractivity contribution in [2.75, 3.05) is 19.6 Å². The molecule has 2 rings (SSSR count). The smallest absolute Gasteiger partial charge is 0.273 e. The first-order valence-corrected chi connectivity index (χ1v) is 6.79. The van der Waals surface area contributed by atoms with Crippen molar-refractivity contribution in [3.63, 3.8) is 0 Å². The second-order valence-corrected chi connectivity index (χ2v) is 6.70. The number of hydrogen-bond donors (Lipinski definition) is 1. The molecule has 1 aliphatic heterocycles. The minimum absolute atomic E-state index is 0.150. The highest BCUT2D eigenvalue weighted by atomic mass is 16.5. The summed E-state index contributed by atoms with van der Waals surface area (Å²) < 4.78 is 4.69. The van der Waals surface area contributed by atoms with Crippen LogP contribution in [0.25, 0.3) is 0 Å². The van der Waals surface area contributed by atoms with Gasteiger partial charge >= 0.3 is 0 Å². The molecule has 0 radical (unpaired) electrons. The molecule has 1 fully saturated rings.